The lowest BCUT2D eigenvalue weighted by atomic mass is 9.90. The second kappa shape index (κ2) is 11.7. The largest absolute Gasteiger partial charge is 0.320 e. The zero-order valence-electron chi connectivity index (χ0n) is 17.4. The number of hydrogen-bond donors (Lipinski definition) is 1. The number of rotatable bonds is 5. The summed E-state index contributed by atoms with van der Waals surface area (Å²) >= 11 is 0. The van der Waals surface area contributed by atoms with Gasteiger partial charge in [0.15, 0.2) is 11.6 Å². The van der Waals surface area contributed by atoms with Gasteiger partial charge in [-0.15, -0.1) is 24.8 Å². The third-order valence-corrected chi connectivity index (χ3v) is 5.86. The third-order valence-electron chi connectivity index (χ3n) is 5.86. The van der Waals surface area contributed by atoms with Gasteiger partial charge >= 0.3 is 0 Å². The normalized spacial score (nSPS) is 15.5. The Morgan fingerprint density at radius 2 is 1.53 bits per heavy atom. The third kappa shape index (κ3) is 6.23. The van der Waals surface area contributed by atoms with Crippen LogP contribution in [-0.2, 0) is 6.54 Å². The van der Waals surface area contributed by atoms with Gasteiger partial charge in [-0.3, -0.25) is 4.90 Å². The van der Waals surface area contributed by atoms with Crippen molar-refractivity contribution in [2.75, 3.05) is 13.1 Å². The quantitative estimate of drug-likeness (QED) is 0.468. The number of benzene rings is 2. The number of nitrogens with two attached hydrogens (primary N) is 1. The molecule has 1 aliphatic heterocycles. The maximum atomic E-state index is 13.5. The van der Waals surface area contributed by atoms with Crippen molar-refractivity contribution in [1.29, 1.82) is 0 Å². The molecule has 4 rings (SSSR count). The van der Waals surface area contributed by atoms with Crippen LogP contribution in [0.3, 0.4) is 0 Å². The van der Waals surface area contributed by atoms with Crippen molar-refractivity contribution >= 4 is 24.8 Å². The lowest BCUT2D eigenvalue weighted by Crippen LogP contribution is -2.32. The molecule has 0 bridgehead atoms. The molecule has 32 heavy (non-hydrogen) atoms. The van der Waals surface area contributed by atoms with Crippen LogP contribution >= 0.6 is 24.8 Å². The first-order valence-corrected chi connectivity index (χ1v) is 10.1. The van der Waals surface area contributed by atoms with Gasteiger partial charge in [0.1, 0.15) is 0 Å². The van der Waals surface area contributed by atoms with E-state index >= 15 is 0 Å². The van der Waals surface area contributed by atoms with E-state index in [0.29, 0.717) is 11.5 Å². The van der Waals surface area contributed by atoms with Crippen molar-refractivity contribution in [2.45, 2.75) is 31.3 Å². The molecule has 1 fully saturated rings. The Morgan fingerprint density at radius 3 is 2.12 bits per heavy atom. The van der Waals surface area contributed by atoms with Crippen LogP contribution in [-0.4, -0.2) is 23.0 Å². The van der Waals surface area contributed by atoms with Gasteiger partial charge in [0.2, 0.25) is 5.95 Å². The topological polar surface area (TPSA) is 42.1 Å². The highest BCUT2D eigenvalue weighted by Gasteiger charge is 2.21. The fraction of sp³-hybridized carbons (Fsp3) is 0.292. The van der Waals surface area contributed by atoms with Gasteiger partial charge in [0.05, 0.1) is 6.04 Å². The molecular formula is C24H26Cl2F3N3. The highest BCUT2D eigenvalue weighted by molar-refractivity contribution is 5.85. The molecule has 1 saturated heterocycles. The van der Waals surface area contributed by atoms with Crippen LogP contribution in [0.4, 0.5) is 13.2 Å². The second-order valence-corrected chi connectivity index (χ2v) is 7.86. The molecule has 1 aromatic heterocycles. The summed E-state index contributed by atoms with van der Waals surface area (Å²) in [5.74, 6) is -1.78. The molecule has 3 nitrogen and oxygen atoms in total. The predicted octanol–water partition coefficient (Wildman–Crippen LogP) is 5.77. The Kier molecular flexibility index (Phi) is 9.52. The van der Waals surface area contributed by atoms with E-state index in [4.69, 9.17) is 5.73 Å². The summed E-state index contributed by atoms with van der Waals surface area (Å²) in [5, 5.41) is 0. The van der Waals surface area contributed by atoms with E-state index in [1.165, 1.54) is 17.7 Å². The standard InChI is InChI=1S/C24H24F3N3.2ClH/c25-21-7-5-19(13-22(21)26)24(28)18-3-1-16(2-4-18)15-30-11-9-17(10-12-30)20-6-8-23(27)29-14-20;;/h1-8,13-14,17,24H,9-12,15,28H2;2*1H. The van der Waals surface area contributed by atoms with Crippen LogP contribution in [0.5, 0.6) is 0 Å². The molecule has 0 radical (unpaired) electrons. The van der Waals surface area contributed by atoms with E-state index in [0.717, 1.165) is 55.7 Å². The van der Waals surface area contributed by atoms with Gasteiger partial charge in [-0.25, -0.2) is 13.8 Å². The van der Waals surface area contributed by atoms with E-state index in [9.17, 15) is 13.2 Å². The van der Waals surface area contributed by atoms with Gasteiger partial charge < -0.3 is 5.73 Å². The second-order valence-electron chi connectivity index (χ2n) is 7.86. The van der Waals surface area contributed by atoms with Gasteiger partial charge in [-0.2, -0.15) is 4.39 Å². The lowest BCUT2D eigenvalue weighted by molar-refractivity contribution is 0.204. The number of halogens is 5. The highest BCUT2D eigenvalue weighted by atomic mass is 35.5. The van der Waals surface area contributed by atoms with Gasteiger partial charge in [0.25, 0.3) is 0 Å². The zero-order valence-corrected chi connectivity index (χ0v) is 19.0. The molecule has 0 aliphatic carbocycles. The van der Waals surface area contributed by atoms with Crippen molar-refractivity contribution in [3.63, 3.8) is 0 Å². The monoisotopic (exact) mass is 483 g/mol. The average molecular weight is 484 g/mol. The summed E-state index contributed by atoms with van der Waals surface area (Å²) in [6.07, 6.45) is 3.68. The van der Waals surface area contributed by atoms with Gasteiger partial charge in [-0.1, -0.05) is 36.4 Å². The first-order valence-electron chi connectivity index (χ1n) is 10.1. The highest BCUT2D eigenvalue weighted by Crippen LogP contribution is 2.28. The molecule has 0 amide bonds. The molecule has 8 heteroatoms. The van der Waals surface area contributed by atoms with Crippen molar-refractivity contribution in [1.82, 2.24) is 9.88 Å². The Hall–Kier alpha value is -2.12. The van der Waals surface area contributed by atoms with Crippen molar-refractivity contribution in [3.05, 3.63) is 101 Å². The van der Waals surface area contributed by atoms with Crippen LogP contribution < -0.4 is 5.73 Å². The maximum Gasteiger partial charge on any atom is 0.212 e. The Bertz CT molecular complexity index is 992. The molecule has 172 valence electrons. The summed E-state index contributed by atoms with van der Waals surface area (Å²) in [5.41, 5.74) is 9.90. The summed E-state index contributed by atoms with van der Waals surface area (Å²) in [6.45, 7) is 2.78. The number of likely N-dealkylation sites (tertiary alicyclic amines) is 1. The molecule has 0 saturated carbocycles. The maximum absolute atomic E-state index is 13.5. The van der Waals surface area contributed by atoms with E-state index in [-0.39, 0.29) is 24.8 Å². The molecule has 2 aromatic carbocycles. The number of pyridine rings is 1. The zero-order chi connectivity index (χ0) is 21.1. The van der Waals surface area contributed by atoms with Crippen molar-refractivity contribution in [2.24, 2.45) is 5.73 Å². The molecule has 0 spiro atoms. The Morgan fingerprint density at radius 1 is 0.875 bits per heavy atom. The average Bonchev–Trinajstić information content (AvgIpc) is 2.77. The van der Waals surface area contributed by atoms with Crippen molar-refractivity contribution in [3.8, 4) is 0 Å². The molecular weight excluding hydrogens is 458 g/mol. The van der Waals surface area contributed by atoms with Crippen LogP contribution in [0.2, 0.25) is 0 Å². The van der Waals surface area contributed by atoms with Crippen molar-refractivity contribution < 1.29 is 13.2 Å². The van der Waals surface area contributed by atoms with Crippen LogP contribution in [0.15, 0.2) is 60.8 Å². The summed E-state index contributed by atoms with van der Waals surface area (Å²) in [6, 6.07) is 14.5. The molecule has 1 unspecified atom stereocenters. The first kappa shape index (κ1) is 26.1. The summed E-state index contributed by atoms with van der Waals surface area (Å²) in [4.78, 5) is 6.17. The van der Waals surface area contributed by atoms with Gasteiger partial charge in [0, 0.05) is 12.7 Å². The molecule has 1 aliphatic rings. The van der Waals surface area contributed by atoms with Gasteiger partial charge in [-0.05, 0) is 72.3 Å². The minimum Gasteiger partial charge on any atom is -0.320 e. The molecule has 2 N–H and O–H groups in total. The SMILES string of the molecule is Cl.Cl.NC(c1ccc(CN2CCC(c3ccc(F)nc3)CC2)cc1)c1ccc(F)c(F)c1. The lowest BCUT2D eigenvalue weighted by Gasteiger charge is -2.32. The first-order chi connectivity index (χ1) is 14.5. The minimum absolute atomic E-state index is 0. The minimum atomic E-state index is -0.889. The van der Waals surface area contributed by atoms with E-state index in [2.05, 4.69) is 9.88 Å². The summed E-state index contributed by atoms with van der Waals surface area (Å²) in [7, 11) is 0. The summed E-state index contributed by atoms with van der Waals surface area (Å²) < 4.78 is 39.6. The smallest absolute Gasteiger partial charge is 0.212 e. The molecule has 2 heterocycles. The predicted molar refractivity (Wildman–Crippen MR) is 125 cm³/mol. The molecule has 3 aromatic rings. The number of hydrogen-bond acceptors (Lipinski definition) is 3. The van der Waals surface area contributed by atoms with E-state index in [1.807, 2.05) is 30.3 Å². The van der Waals surface area contributed by atoms with E-state index in [1.54, 1.807) is 6.20 Å². The number of aromatic nitrogens is 1. The number of nitrogens with zero attached hydrogens (tertiary/aromatic N) is 2. The molecule has 1 atom stereocenters. The Labute approximate surface area is 198 Å². The fourth-order valence-electron chi connectivity index (χ4n) is 4.04. The fourth-order valence-corrected chi connectivity index (χ4v) is 4.04. The van der Waals surface area contributed by atoms with Crippen LogP contribution in [0.1, 0.15) is 47.1 Å². The Balaban J connectivity index is 0.00000181. The van der Waals surface area contributed by atoms with E-state index < -0.39 is 23.6 Å². The van der Waals surface area contributed by atoms with Crippen LogP contribution in [0.25, 0.3) is 0 Å². The number of piperidine rings is 1. The van der Waals surface area contributed by atoms with Crippen LogP contribution in [0, 0.1) is 17.6 Å².